The predicted octanol–water partition coefficient (Wildman–Crippen LogP) is 6.43. The molecule has 0 radical (unpaired) electrons. The standard InChI is InChI=1S/C19H20N2O5.C15H15N3O5S/c1-3-25-17(22)13-8-10-15(11-9-13)20-19(24)21-16-7-5-6-14(12-16)18(23)26-4-2;1-3-23-12(19)9-4-6-10(7-5-9)17-14(21)18-15-16-8-11(24-15)13(20)22-2/h5-12H,3-4H2,1-2H3,(H2,20,21,24);4-8H,3H2,1-2H3,(H2,16,17,18,21). The number of benzene rings is 3. The molecule has 0 spiro atoms. The average molecular weight is 706 g/mol. The molecule has 3 aromatic carbocycles. The molecule has 50 heavy (non-hydrogen) atoms. The summed E-state index contributed by atoms with van der Waals surface area (Å²) in [4.78, 5) is 74.3. The highest BCUT2D eigenvalue weighted by atomic mass is 32.1. The van der Waals surface area contributed by atoms with Crippen molar-refractivity contribution in [2.24, 2.45) is 0 Å². The average Bonchev–Trinajstić information content (AvgIpc) is 3.57. The topological polar surface area (TPSA) is 200 Å². The van der Waals surface area contributed by atoms with E-state index in [0.29, 0.717) is 47.0 Å². The van der Waals surface area contributed by atoms with Crippen LogP contribution in [0.15, 0.2) is 79.0 Å². The molecule has 0 aliphatic heterocycles. The molecule has 15 nitrogen and oxygen atoms in total. The Morgan fingerprint density at radius 3 is 1.52 bits per heavy atom. The van der Waals surface area contributed by atoms with Crippen molar-refractivity contribution < 1.29 is 47.7 Å². The minimum atomic E-state index is -0.523. The Morgan fingerprint density at radius 2 is 1.04 bits per heavy atom. The van der Waals surface area contributed by atoms with Gasteiger partial charge >= 0.3 is 35.9 Å². The number of aromatic nitrogens is 1. The summed E-state index contributed by atoms with van der Waals surface area (Å²) in [6.07, 6.45) is 1.32. The summed E-state index contributed by atoms with van der Waals surface area (Å²) in [6, 6.07) is 18.0. The number of nitrogens with one attached hydrogen (secondary N) is 4. The molecule has 0 bridgehead atoms. The Hall–Kier alpha value is -6.29. The van der Waals surface area contributed by atoms with Crippen LogP contribution in [0.3, 0.4) is 0 Å². The van der Waals surface area contributed by atoms with Gasteiger partial charge in [-0.05, 0) is 87.5 Å². The molecule has 1 aromatic heterocycles. The summed E-state index contributed by atoms with van der Waals surface area (Å²) in [5, 5.41) is 10.6. The first kappa shape index (κ1) is 38.2. The van der Waals surface area contributed by atoms with Gasteiger partial charge in [-0.2, -0.15) is 0 Å². The van der Waals surface area contributed by atoms with Crippen molar-refractivity contribution >= 4 is 69.5 Å². The zero-order valence-electron chi connectivity index (χ0n) is 27.6. The Bertz CT molecular complexity index is 1790. The van der Waals surface area contributed by atoms with Gasteiger partial charge in [-0.25, -0.2) is 33.8 Å². The number of urea groups is 2. The Morgan fingerprint density at radius 1 is 0.580 bits per heavy atom. The van der Waals surface area contributed by atoms with E-state index in [-0.39, 0.29) is 16.6 Å². The Balaban J connectivity index is 0.000000271. The van der Waals surface area contributed by atoms with Crippen LogP contribution in [-0.2, 0) is 18.9 Å². The normalized spacial score (nSPS) is 9.92. The van der Waals surface area contributed by atoms with Crippen LogP contribution in [0.25, 0.3) is 0 Å². The van der Waals surface area contributed by atoms with E-state index in [4.69, 9.17) is 14.2 Å². The van der Waals surface area contributed by atoms with Crippen molar-refractivity contribution in [1.29, 1.82) is 0 Å². The van der Waals surface area contributed by atoms with Crippen LogP contribution < -0.4 is 21.3 Å². The first-order chi connectivity index (χ1) is 24.1. The molecule has 262 valence electrons. The monoisotopic (exact) mass is 705 g/mol. The molecule has 4 aromatic rings. The van der Waals surface area contributed by atoms with E-state index in [2.05, 4.69) is 31.0 Å². The van der Waals surface area contributed by atoms with Crippen molar-refractivity contribution in [3.63, 3.8) is 0 Å². The second-order valence-electron chi connectivity index (χ2n) is 9.58. The fourth-order valence-electron chi connectivity index (χ4n) is 3.83. The number of esters is 4. The minimum absolute atomic E-state index is 0.260. The third kappa shape index (κ3) is 12.1. The quantitative estimate of drug-likeness (QED) is 0.0989. The van der Waals surface area contributed by atoms with Crippen molar-refractivity contribution in [3.05, 3.63) is 101 Å². The summed E-state index contributed by atoms with van der Waals surface area (Å²) >= 11 is 0.997. The number of ether oxygens (including phenoxy) is 4. The first-order valence-corrected chi connectivity index (χ1v) is 15.9. The highest BCUT2D eigenvalue weighted by Gasteiger charge is 2.13. The van der Waals surface area contributed by atoms with Gasteiger partial charge in [0.25, 0.3) is 0 Å². The highest BCUT2D eigenvalue weighted by Crippen LogP contribution is 2.19. The number of anilines is 4. The maximum absolute atomic E-state index is 12.1. The summed E-state index contributed by atoms with van der Waals surface area (Å²) < 4.78 is 19.3. The first-order valence-electron chi connectivity index (χ1n) is 15.1. The van der Waals surface area contributed by atoms with Gasteiger partial charge in [0.05, 0.1) is 49.8 Å². The van der Waals surface area contributed by atoms with Crippen molar-refractivity contribution in [2.45, 2.75) is 20.8 Å². The number of rotatable bonds is 11. The zero-order valence-corrected chi connectivity index (χ0v) is 28.4. The van der Waals surface area contributed by atoms with Crippen LogP contribution in [0.4, 0.5) is 31.8 Å². The lowest BCUT2D eigenvalue weighted by atomic mass is 10.2. The molecule has 0 saturated heterocycles. The zero-order chi connectivity index (χ0) is 36.5. The fourth-order valence-corrected chi connectivity index (χ4v) is 4.56. The van der Waals surface area contributed by atoms with E-state index in [9.17, 15) is 28.8 Å². The van der Waals surface area contributed by atoms with Crippen LogP contribution >= 0.6 is 11.3 Å². The molecule has 16 heteroatoms. The third-order valence-corrected chi connectivity index (χ3v) is 6.94. The summed E-state index contributed by atoms with van der Waals surface area (Å²) in [6.45, 7) is 6.05. The van der Waals surface area contributed by atoms with Crippen LogP contribution in [0.1, 0.15) is 61.5 Å². The SMILES string of the molecule is CCOC(=O)c1ccc(NC(=O)Nc2cccc(C(=O)OCC)c2)cc1.CCOC(=O)c1ccc(NC(=O)Nc2ncc(C(=O)OC)s2)cc1. The lowest BCUT2D eigenvalue weighted by molar-refractivity contribution is 0.0517. The van der Waals surface area contributed by atoms with E-state index in [0.717, 1.165) is 11.3 Å². The van der Waals surface area contributed by atoms with Gasteiger partial charge in [0.2, 0.25) is 0 Å². The lowest BCUT2D eigenvalue weighted by Crippen LogP contribution is -2.19. The minimum Gasteiger partial charge on any atom is -0.465 e. The molecule has 4 rings (SSSR count). The molecule has 0 saturated carbocycles. The smallest absolute Gasteiger partial charge is 0.349 e. The van der Waals surface area contributed by atoms with E-state index in [1.54, 1.807) is 87.5 Å². The number of carbonyl (C=O) groups is 6. The highest BCUT2D eigenvalue weighted by molar-refractivity contribution is 7.17. The van der Waals surface area contributed by atoms with E-state index in [1.165, 1.54) is 19.4 Å². The Kier molecular flexibility index (Phi) is 14.9. The molecular formula is C34H35N5O10S. The van der Waals surface area contributed by atoms with Gasteiger partial charge in [0.1, 0.15) is 4.88 Å². The van der Waals surface area contributed by atoms with Crippen molar-refractivity contribution in [1.82, 2.24) is 4.98 Å². The second kappa shape index (κ2) is 19.5. The summed E-state index contributed by atoms with van der Waals surface area (Å²) in [5.74, 6) is -1.81. The van der Waals surface area contributed by atoms with Crippen LogP contribution in [0.5, 0.6) is 0 Å². The maximum Gasteiger partial charge on any atom is 0.349 e. The third-order valence-electron chi connectivity index (χ3n) is 6.05. The predicted molar refractivity (Wildman–Crippen MR) is 186 cm³/mol. The van der Waals surface area contributed by atoms with Crippen LogP contribution in [0.2, 0.25) is 0 Å². The molecule has 4 amide bonds. The van der Waals surface area contributed by atoms with E-state index < -0.39 is 35.9 Å². The number of amides is 4. The molecule has 0 aliphatic rings. The maximum atomic E-state index is 12.1. The van der Waals surface area contributed by atoms with Crippen LogP contribution in [-0.4, -0.2) is 67.9 Å². The van der Waals surface area contributed by atoms with Gasteiger partial charge in [0.15, 0.2) is 5.13 Å². The molecule has 0 unspecified atom stereocenters. The van der Waals surface area contributed by atoms with Gasteiger partial charge in [0, 0.05) is 17.1 Å². The number of thiazole rings is 1. The molecule has 0 fully saturated rings. The van der Waals surface area contributed by atoms with E-state index >= 15 is 0 Å². The molecule has 0 aliphatic carbocycles. The molecule has 0 atom stereocenters. The number of hydrogen-bond acceptors (Lipinski definition) is 12. The summed E-state index contributed by atoms with van der Waals surface area (Å²) in [7, 11) is 1.27. The molecule has 1 heterocycles. The van der Waals surface area contributed by atoms with Gasteiger partial charge in [-0.1, -0.05) is 17.4 Å². The fraction of sp³-hybridized carbons (Fsp3) is 0.206. The number of carbonyl (C=O) groups excluding carboxylic acids is 6. The van der Waals surface area contributed by atoms with Crippen molar-refractivity contribution in [3.8, 4) is 0 Å². The number of hydrogen-bond donors (Lipinski definition) is 4. The largest absolute Gasteiger partial charge is 0.465 e. The van der Waals surface area contributed by atoms with Crippen LogP contribution in [0, 0.1) is 0 Å². The van der Waals surface area contributed by atoms with E-state index in [1.807, 2.05) is 0 Å². The number of methoxy groups -OCH3 is 1. The van der Waals surface area contributed by atoms with Crippen molar-refractivity contribution in [2.75, 3.05) is 48.2 Å². The van der Waals surface area contributed by atoms with Gasteiger partial charge in [-0.15, -0.1) is 0 Å². The lowest BCUT2D eigenvalue weighted by Gasteiger charge is -2.09. The molecular weight excluding hydrogens is 670 g/mol. The second-order valence-corrected chi connectivity index (χ2v) is 10.6. The molecule has 4 N–H and O–H groups in total. The number of nitrogens with zero attached hydrogens (tertiary/aromatic N) is 1. The summed E-state index contributed by atoms with van der Waals surface area (Å²) in [5.41, 5.74) is 2.60. The Labute approximate surface area is 291 Å². The van der Waals surface area contributed by atoms with Gasteiger partial charge in [-0.3, -0.25) is 5.32 Å². The van der Waals surface area contributed by atoms with Gasteiger partial charge < -0.3 is 34.9 Å².